The Morgan fingerprint density at radius 3 is 1.69 bits per heavy atom. The first kappa shape index (κ1) is 33.4. The molecule has 0 radical (unpaired) electrons. The van der Waals surface area contributed by atoms with Crippen LogP contribution < -0.4 is 0 Å². The van der Waals surface area contributed by atoms with E-state index < -0.39 is 0 Å². The summed E-state index contributed by atoms with van der Waals surface area (Å²) in [4.78, 5) is 9.90. The van der Waals surface area contributed by atoms with Gasteiger partial charge in [-0.15, -0.1) is 0 Å². The summed E-state index contributed by atoms with van der Waals surface area (Å²) in [5, 5.41) is 0. The number of benzene rings is 2. The molecule has 0 saturated heterocycles. The number of aliphatic imine (C=N–C) groups is 1. The monoisotopic (exact) mass is 526 g/mol. The van der Waals surface area contributed by atoms with Crippen molar-refractivity contribution in [3.63, 3.8) is 0 Å². The first-order valence-corrected chi connectivity index (χ1v) is 11.8. The minimum absolute atomic E-state index is 0. The van der Waals surface area contributed by atoms with Gasteiger partial charge in [-0.25, -0.2) is 4.58 Å². The van der Waals surface area contributed by atoms with E-state index in [4.69, 9.17) is 9.98 Å². The molecule has 0 fully saturated rings. The van der Waals surface area contributed by atoms with Gasteiger partial charge in [-0.2, -0.15) is 0 Å². The van der Waals surface area contributed by atoms with Crippen LogP contribution in [0.2, 0.25) is 0 Å². The zero-order valence-corrected chi connectivity index (χ0v) is 25.3. The molecule has 0 spiro atoms. The molecular formula is C32H44FeN3+. The maximum absolute atomic E-state index is 4.96. The summed E-state index contributed by atoms with van der Waals surface area (Å²) in [5.74, 6) is 0. The third-order valence-corrected chi connectivity index (χ3v) is 6.22. The predicted octanol–water partition coefficient (Wildman–Crippen LogP) is 8.14. The van der Waals surface area contributed by atoms with Crippen LogP contribution in [0.4, 0.5) is 11.4 Å². The van der Waals surface area contributed by atoms with Crippen LogP contribution in [0.1, 0.15) is 58.6 Å². The van der Waals surface area contributed by atoms with E-state index in [1.54, 1.807) is 0 Å². The number of aromatic nitrogens is 1. The molecule has 1 heterocycles. The normalized spacial score (nSPS) is 11.6. The van der Waals surface area contributed by atoms with E-state index in [1.165, 1.54) is 44.8 Å². The van der Waals surface area contributed by atoms with Crippen molar-refractivity contribution in [1.29, 1.82) is 0 Å². The van der Waals surface area contributed by atoms with Crippen LogP contribution >= 0.6 is 0 Å². The Hall–Kier alpha value is -2.55. The van der Waals surface area contributed by atoms with Crippen molar-refractivity contribution in [1.82, 2.24) is 4.98 Å². The SMILES string of the molecule is CC(Cc1cccc(CC(C)=[N+](C)c2c(C)cc(C)cc2C)n1)=Nc1c(C)cc(C)cc1C.[CH3-].[CH3-].[Fe+2]. The van der Waals surface area contributed by atoms with Gasteiger partial charge in [0.15, 0.2) is 5.71 Å². The van der Waals surface area contributed by atoms with Gasteiger partial charge in [-0.05, 0) is 83.9 Å². The largest absolute Gasteiger partial charge is 2.00 e. The fourth-order valence-electron chi connectivity index (χ4n) is 4.84. The zero-order valence-electron chi connectivity index (χ0n) is 24.2. The molecule has 0 atom stereocenters. The van der Waals surface area contributed by atoms with Crippen LogP contribution in [0.25, 0.3) is 0 Å². The summed E-state index contributed by atoms with van der Waals surface area (Å²) in [6.45, 7) is 17.2. The minimum Gasteiger partial charge on any atom is -0.358 e. The second kappa shape index (κ2) is 14.3. The fourth-order valence-corrected chi connectivity index (χ4v) is 4.84. The third kappa shape index (κ3) is 8.25. The number of aryl methyl sites for hydroxylation is 6. The van der Waals surface area contributed by atoms with Crippen molar-refractivity contribution in [2.24, 2.45) is 4.99 Å². The molecule has 2 aromatic carbocycles. The fraction of sp³-hybridized carbons (Fsp3) is 0.344. The molecule has 0 bridgehead atoms. The Labute approximate surface area is 231 Å². The molecule has 0 unspecified atom stereocenters. The van der Waals surface area contributed by atoms with Crippen molar-refractivity contribution in [2.45, 2.75) is 68.2 Å². The summed E-state index contributed by atoms with van der Waals surface area (Å²) in [7, 11) is 2.16. The van der Waals surface area contributed by atoms with Crippen molar-refractivity contribution in [3.05, 3.63) is 102 Å². The van der Waals surface area contributed by atoms with Crippen molar-refractivity contribution >= 4 is 22.8 Å². The molecule has 4 heteroatoms. The van der Waals surface area contributed by atoms with Gasteiger partial charge in [-0.1, -0.05) is 29.3 Å². The van der Waals surface area contributed by atoms with Crippen LogP contribution in [0.3, 0.4) is 0 Å². The smallest absolute Gasteiger partial charge is 0.358 e. The summed E-state index contributed by atoms with van der Waals surface area (Å²) in [5.41, 5.74) is 14.6. The van der Waals surface area contributed by atoms with Crippen molar-refractivity contribution < 1.29 is 21.6 Å². The quantitative estimate of drug-likeness (QED) is 0.138. The average molecular weight is 527 g/mol. The molecule has 0 saturated carbocycles. The van der Waals surface area contributed by atoms with E-state index in [0.717, 1.165) is 35.6 Å². The topological polar surface area (TPSA) is 28.3 Å². The first-order chi connectivity index (χ1) is 15.5. The average Bonchev–Trinajstić information content (AvgIpc) is 2.70. The Morgan fingerprint density at radius 1 is 0.750 bits per heavy atom. The predicted molar refractivity (Wildman–Crippen MR) is 155 cm³/mol. The Morgan fingerprint density at radius 2 is 1.19 bits per heavy atom. The summed E-state index contributed by atoms with van der Waals surface area (Å²) in [6.07, 6.45) is 1.58. The molecule has 36 heavy (non-hydrogen) atoms. The maximum Gasteiger partial charge on any atom is 2.00 e. The molecule has 194 valence electrons. The van der Waals surface area contributed by atoms with Crippen LogP contribution in [-0.2, 0) is 29.9 Å². The van der Waals surface area contributed by atoms with Gasteiger partial charge in [-0.3, -0.25) is 9.98 Å². The van der Waals surface area contributed by atoms with Crippen molar-refractivity contribution in [3.8, 4) is 0 Å². The molecule has 0 aliphatic rings. The van der Waals surface area contributed by atoms with E-state index in [9.17, 15) is 0 Å². The third-order valence-electron chi connectivity index (χ3n) is 6.22. The second-order valence-corrected chi connectivity index (χ2v) is 9.61. The number of hydrogen-bond donors (Lipinski definition) is 0. The Bertz CT molecular complexity index is 1210. The maximum atomic E-state index is 4.96. The van der Waals surface area contributed by atoms with Gasteiger partial charge < -0.3 is 14.9 Å². The van der Waals surface area contributed by atoms with Gasteiger partial charge in [0.25, 0.3) is 0 Å². The number of hydrogen-bond acceptors (Lipinski definition) is 2. The second-order valence-electron chi connectivity index (χ2n) is 9.61. The molecule has 3 nitrogen and oxygen atoms in total. The van der Waals surface area contributed by atoms with Crippen LogP contribution in [0.5, 0.6) is 0 Å². The van der Waals surface area contributed by atoms with Crippen LogP contribution in [-0.4, -0.2) is 28.0 Å². The van der Waals surface area contributed by atoms with E-state index in [2.05, 4.69) is 109 Å². The van der Waals surface area contributed by atoms with E-state index in [1.807, 2.05) is 0 Å². The molecule has 0 amide bonds. The van der Waals surface area contributed by atoms with E-state index in [-0.39, 0.29) is 31.9 Å². The zero-order chi connectivity index (χ0) is 24.3. The first-order valence-electron chi connectivity index (χ1n) is 11.8. The van der Waals surface area contributed by atoms with Gasteiger partial charge >= 0.3 is 17.1 Å². The Kier molecular flexibility index (Phi) is 13.2. The van der Waals surface area contributed by atoms with Gasteiger partial charge in [0.2, 0.25) is 5.69 Å². The van der Waals surface area contributed by atoms with Gasteiger partial charge in [0.05, 0.1) is 17.8 Å². The molecule has 0 aliphatic carbocycles. The number of rotatable bonds is 6. The summed E-state index contributed by atoms with van der Waals surface area (Å²) in [6, 6.07) is 15.2. The van der Waals surface area contributed by atoms with Gasteiger partial charge in [0.1, 0.15) is 7.05 Å². The number of pyridine rings is 1. The Balaban J connectivity index is 0.00000408. The summed E-state index contributed by atoms with van der Waals surface area (Å²) < 4.78 is 2.31. The summed E-state index contributed by atoms with van der Waals surface area (Å²) >= 11 is 0. The molecule has 3 rings (SSSR count). The number of nitrogens with zero attached hydrogens (tertiary/aromatic N) is 3. The molecule has 0 aliphatic heterocycles. The molecule has 3 aromatic rings. The standard InChI is InChI=1S/C30H38N3.2CH3.Fe/c1-19-13-21(3)29(22(4)14-19)31-25(7)17-27-11-10-12-28(32-27)18-26(8)33(9)30-23(5)15-20(2)16-24(30)6;;;/h10-16H,17-18H2,1-9H3;2*1H3;/q+1;2*-1;+2. The van der Waals surface area contributed by atoms with Crippen LogP contribution in [0, 0.1) is 56.4 Å². The van der Waals surface area contributed by atoms with E-state index >= 15 is 0 Å². The van der Waals surface area contributed by atoms with Gasteiger partial charge in [0, 0.05) is 35.9 Å². The molecule has 1 aromatic heterocycles. The molecular weight excluding hydrogens is 482 g/mol. The molecule has 0 N–H and O–H groups in total. The minimum atomic E-state index is 0. The van der Waals surface area contributed by atoms with E-state index in [0.29, 0.717) is 0 Å². The van der Waals surface area contributed by atoms with Crippen molar-refractivity contribution in [2.75, 3.05) is 7.05 Å². The van der Waals surface area contributed by atoms with Crippen LogP contribution in [0.15, 0.2) is 47.5 Å².